The third-order valence-corrected chi connectivity index (χ3v) is 6.36. The number of nitrogen functional groups attached to an aromatic ring is 1. The summed E-state index contributed by atoms with van der Waals surface area (Å²) in [5, 5.41) is 0. The van der Waals surface area contributed by atoms with Crippen molar-refractivity contribution < 1.29 is 9.47 Å². The molecule has 23 heavy (non-hydrogen) atoms. The smallest absolute Gasteiger partial charge is 0.280 e. The van der Waals surface area contributed by atoms with E-state index in [4.69, 9.17) is 15.2 Å². The fourth-order valence-corrected chi connectivity index (χ4v) is 4.03. The molecule has 3 N–H and O–H groups in total. The molecule has 0 aliphatic carbocycles. The Morgan fingerprint density at radius 3 is 2.96 bits per heavy atom. The van der Waals surface area contributed by atoms with Crippen LogP contribution in [0.1, 0.15) is 33.4 Å². The maximum Gasteiger partial charge on any atom is 0.280 e. The molecular formula is C14H20IN5O3. The Kier molecular flexibility index (Phi) is 4.36. The molecule has 0 radical (unpaired) electrons. The third-order valence-electron chi connectivity index (χ3n) is 4.33. The van der Waals surface area contributed by atoms with E-state index in [1.807, 2.05) is 6.92 Å². The number of aromatic amines is 1. The molecule has 4 atom stereocenters. The maximum absolute atomic E-state index is 12.0. The Morgan fingerprint density at radius 2 is 2.30 bits per heavy atom. The lowest BCUT2D eigenvalue weighted by Gasteiger charge is -2.26. The fourth-order valence-electron chi connectivity index (χ4n) is 2.88. The molecule has 0 bridgehead atoms. The van der Waals surface area contributed by atoms with Crippen molar-refractivity contribution in [3.05, 3.63) is 16.7 Å². The quantitative estimate of drug-likeness (QED) is 0.561. The molecule has 1 aliphatic heterocycles. The summed E-state index contributed by atoms with van der Waals surface area (Å²) in [7, 11) is 0. The molecule has 1 saturated heterocycles. The molecule has 2 aromatic rings. The lowest BCUT2D eigenvalue weighted by molar-refractivity contribution is -0.0902. The highest BCUT2D eigenvalue weighted by molar-refractivity contribution is 14.1. The Bertz CT molecular complexity index is 775. The number of nitrogens with two attached hydrogens (primary N) is 1. The average Bonchev–Trinajstić information content (AvgIpc) is 3.02. The molecule has 1 unspecified atom stereocenters. The number of hydrogen-bond donors (Lipinski definition) is 2. The minimum absolute atomic E-state index is 0.0551. The monoisotopic (exact) mass is 433 g/mol. The van der Waals surface area contributed by atoms with Gasteiger partial charge in [-0.05, 0) is 20.3 Å². The van der Waals surface area contributed by atoms with Crippen LogP contribution in [0.15, 0.2) is 11.1 Å². The van der Waals surface area contributed by atoms with Gasteiger partial charge < -0.3 is 15.2 Å². The molecule has 1 fully saturated rings. The minimum Gasteiger partial charge on any atom is -0.373 e. The number of aromatic nitrogens is 4. The zero-order valence-corrected chi connectivity index (χ0v) is 15.4. The first kappa shape index (κ1) is 16.7. The summed E-state index contributed by atoms with van der Waals surface area (Å²) in [6.07, 6.45) is 1.85. The molecule has 9 heteroatoms. The van der Waals surface area contributed by atoms with Crippen LogP contribution in [0.25, 0.3) is 11.2 Å². The molecular weight excluding hydrogens is 413 g/mol. The number of H-pyrrole nitrogens is 1. The molecule has 1 aliphatic rings. The van der Waals surface area contributed by atoms with Gasteiger partial charge in [-0.2, -0.15) is 4.98 Å². The molecule has 0 saturated carbocycles. The second-order valence-corrected chi connectivity index (χ2v) is 7.11. The van der Waals surface area contributed by atoms with Gasteiger partial charge in [-0.3, -0.25) is 14.3 Å². The van der Waals surface area contributed by atoms with Gasteiger partial charge in [0.1, 0.15) is 6.10 Å². The number of rotatable bonds is 4. The Hall–Kier alpha value is -1.20. The van der Waals surface area contributed by atoms with Gasteiger partial charge in [0, 0.05) is 6.61 Å². The van der Waals surface area contributed by atoms with Crippen LogP contribution in [0.3, 0.4) is 0 Å². The van der Waals surface area contributed by atoms with E-state index in [0.29, 0.717) is 12.3 Å². The van der Waals surface area contributed by atoms with Crippen molar-refractivity contribution in [3.63, 3.8) is 0 Å². The van der Waals surface area contributed by atoms with Crippen molar-refractivity contribution in [3.8, 4) is 0 Å². The lowest BCUT2D eigenvalue weighted by Crippen LogP contribution is -2.36. The van der Waals surface area contributed by atoms with Crippen LogP contribution in [-0.4, -0.2) is 41.8 Å². The van der Waals surface area contributed by atoms with E-state index < -0.39 is 6.23 Å². The molecule has 0 amide bonds. The SMILES string of the molecule is CCO[C@H]1C(I)[C@@](C)(CC)O[C@H]1n1cnc2c(=O)[nH]c(N)nc21. The molecule has 0 aromatic carbocycles. The van der Waals surface area contributed by atoms with Crippen molar-refractivity contribution in [2.45, 2.75) is 49.0 Å². The van der Waals surface area contributed by atoms with Crippen molar-refractivity contribution in [2.75, 3.05) is 12.3 Å². The minimum atomic E-state index is -0.402. The van der Waals surface area contributed by atoms with Gasteiger partial charge >= 0.3 is 0 Å². The molecule has 2 aromatic heterocycles. The molecule has 126 valence electrons. The van der Waals surface area contributed by atoms with E-state index in [1.165, 1.54) is 0 Å². The Morgan fingerprint density at radius 1 is 1.57 bits per heavy atom. The predicted molar refractivity (Wildman–Crippen MR) is 94.6 cm³/mol. The first-order valence-electron chi connectivity index (χ1n) is 7.57. The second-order valence-electron chi connectivity index (χ2n) is 5.77. The number of anilines is 1. The summed E-state index contributed by atoms with van der Waals surface area (Å²) in [4.78, 5) is 22.8. The number of nitrogens with one attached hydrogen (secondary N) is 1. The molecule has 3 rings (SSSR count). The first-order valence-corrected chi connectivity index (χ1v) is 8.81. The zero-order chi connectivity index (χ0) is 16.8. The summed E-state index contributed by atoms with van der Waals surface area (Å²) in [5.74, 6) is 0.0551. The third kappa shape index (κ3) is 2.64. The maximum atomic E-state index is 12.0. The van der Waals surface area contributed by atoms with Crippen molar-refractivity contribution in [2.24, 2.45) is 0 Å². The number of alkyl halides is 1. The van der Waals surface area contributed by atoms with Crippen LogP contribution in [0.5, 0.6) is 0 Å². The van der Waals surface area contributed by atoms with Crippen LogP contribution in [-0.2, 0) is 9.47 Å². The highest BCUT2D eigenvalue weighted by Gasteiger charge is 2.51. The van der Waals surface area contributed by atoms with Gasteiger partial charge in [0.05, 0.1) is 15.9 Å². The topological polar surface area (TPSA) is 108 Å². The highest BCUT2D eigenvalue weighted by Crippen LogP contribution is 2.45. The molecule has 0 spiro atoms. The van der Waals surface area contributed by atoms with E-state index in [0.717, 1.165) is 6.42 Å². The largest absolute Gasteiger partial charge is 0.373 e. The number of hydrogen-bond acceptors (Lipinski definition) is 6. The molecule has 3 heterocycles. The predicted octanol–water partition coefficient (Wildman–Crippen LogP) is 1.61. The Balaban J connectivity index is 2.11. The number of fused-ring (bicyclic) bond motifs is 1. The van der Waals surface area contributed by atoms with Gasteiger partial charge in [0.25, 0.3) is 5.56 Å². The summed E-state index contributed by atoms with van der Waals surface area (Å²) < 4.78 is 14.1. The van der Waals surface area contributed by atoms with Crippen LogP contribution < -0.4 is 11.3 Å². The standard InChI is InChI=1S/C14H20IN5O3/c1-4-14(3)9(15)8(22-5-2)12(23-14)20-6-17-7-10(20)18-13(16)19-11(7)21/h6,8-9,12H,4-5H2,1-3H3,(H3,16,18,19,21)/t8-,9?,12+,14+/m0/s1. The van der Waals surface area contributed by atoms with Gasteiger partial charge in [0.15, 0.2) is 17.4 Å². The van der Waals surface area contributed by atoms with E-state index in [1.54, 1.807) is 10.9 Å². The van der Waals surface area contributed by atoms with Gasteiger partial charge in [-0.15, -0.1) is 0 Å². The van der Waals surface area contributed by atoms with E-state index in [-0.39, 0.29) is 32.7 Å². The van der Waals surface area contributed by atoms with Crippen LogP contribution in [0.4, 0.5) is 5.95 Å². The second kappa shape index (κ2) is 6.02. The summed E-state index contributed by atoms with van der Waals surface area (Å²) in [5.41, 5.74) is 5.64. The lowest BCUT2D eigenvalue weighted by atomic mass is 9.98. The summed E-state index contributed by atoms with van der Waals surface area (Å²) in [6, 6.07) is 0. The van der Waals surface area contributed by atoms with E-state index >= 15 is 0 Å². The highest BCUT2D eigenvalue weighted by atomic mass is 127. The fraction of sp³-hybridized carbons (Fsp3) is 0.643. The van der Waals surface area contributed by atoms with Crippen LogP contribution in [0.2, 0.25) is 0 Å². The average molecular weight is 433 g/mol. The van der Waals surface area contributed by atoms with Crippen molar-refractivity contribution >= 4 is 39.7 Å². The number of imidazole rings is 1. The van der Waals surface area contributed by atoms with Gasteiger partial charge in [-0.25, -0.2) is 4.98 Å². The number of halogens is 1. The first-order chi connectivity index (χ1) is 10.9. The van der Waals surface area contributed by atoms with Gasteiger partial charge in [0.2, 0.25) is 5.95 Å². The van der Waals surface area contributed by atoms with Crippen LogP contribution in [0, 0.1) is 0 Å². The summed E-state index contributed by atoms with van der Waals surface area (Å²) in [6.45, 7) is 6.69. The van der Waals surface area contributed by atoms with Crippen LogP contribution >= 0.6 is 22.6 Å². The van der Waals surface area contributed by atoms with E-state index in [2.05, 4.69) is 51.4 Å². The normalized spacial score (nSPS) is 31.0. The van der Waals surface area contributed by atoms with Crippen molar-refractivity contribution in [1.29, 1.82) is 0 Å². The summed E-state index contributed by atoms with van der Waals surface area (Å²) >= 11 is 2.38. The van der Waals surface area contributed by atoms with Gasteiger partial charge in [-0.1, -0.05) is 29.5 Å². The zero-order valence-electron chi connectivity index (χ0n) is 13.2. The van der Waals surface area contributed by atoms with Crippen molar-refractivity contribution in [1.82, 2.24) is 19.5 Å². The number of nitrogens with zero attached hydrogens (tertiary/aromatic N) is 3. The Labute approximate surface area is 146 Å². The van der Waals surface area contributed by atoms with E-state index in [9.17, 15) is 4.79 Å². The molecule has 8 nitrogen and oxygen atoms in total. The number of ether oxygens (including phenoxy) is 2.